The highest BCUT2D eigenvalue weighted by Gasteiger charge is 1.92. The van der Waals surface area contributed by atoms with Crippen LogP contribution in [0.5, 0.6) is 0 Å². The minimum atomic E-state index is 0.782. The number of pyridine rings is 1. The molecule has 3 nitrogen and oxygen atoms in total. The van der Waals surface area contributed by atoms with E-state index in [0.717, 1.165) is 17.9 Å². The highest BCUT2D eigenvalue weighted by molar-refractivity contribution is 5.51. The van der Waals surface area contributed by atoms with Crippen LogP contribution in [-0.2, 0) is 6.54 Å². The maximum atomic E-state index is 5.60. The normalized spacial score (nSPS) is 9.87. The van der Waals surface area contributed by atoms with Crippen molar-refractivity contribution in [1.82, 2.24) is 4.98 Å². The number of nitrogens with one attached hydrogen (secondary N) is 1. The average Bonchev–Trinajstić information content (AvgIpc) is 2.30. The molecular weight excluding hydrogens is 186 g/mol. The van der Waals surface area contributed by atoms with Gasteiger partial charge in [0.15, 0.2) is 0 Å². The van der Waals surface area contributed by atoms with Gasteiger partial charge in [-0.2, -0.15) is 0 Å². The first kappa shape index (κ1) is 9.52. The van der Waals surface area contributed by atoms with Crippen molar-refractivity contribution in [2.24, 2.45) is 0 Å². The number of aromatic nitrogens is 1. The van der Waals surface area contributed by atoms with Crippen molar-refractivity contribution in [2.45, 2.75) is 6.54 Å². The van der Waals surface area contributed by atoms with Crippen molar-refractivity contribution < 1.29 is 0 Å². The Morgan fingerprint density at radius 3 is 2.33 bits per heavy atom. The van der Waals surface area contributed by atoms with Crippen LogP contribution in [0.2, 0.25) is 0 Å². The van der Waals surface area contributed by atoms with Gasteiger partial charge in [-0.1, -0.05) is 0 Å². The Labute approximate surface area is 89.0 Å². The van der Waals surface area contributed by atoms with Crippen molar-refractivity contribution in [3.8, 4) is 0 Å². The molecule has 0 saturated heterocycles. The summed E-state index contributed by atoms with van der Waals surface area (Å²) in [6.45, 7) is 0.798. The minimum absolute atomic E-state index is 0.782. The molecule has 1 aromatic carbocycles. The van der Waals surface area contributed by atoms with E-state index in [2.05, 4.69) is 10.3 Å². The van der Waals surface area contributed by atoms with Crippen LogP contribution in [0.15, 0.2) is 48.8 Å². The molecule has 0 fully saturated rings. The zero-order valence-electron chi connectivity index (χ0n) is 8.35. The number of benzene rings is 1. The predicted molar refractivity (Wildman–Crippen MR) is 62.4 cm³/mol. The molecule has 0 saturated carbocycles. The summed E-state index contributed by atoms with van der Waals surface area (Å²) in [6, 6.07) is 11.7. The van der Waals surface area contributed by atoms with Gasteiger partial charge in [0.05, 0.1) is 0 Å². The molecule has 0 bridgehead atoms. The van der Waals surface area contributed by atoms with Crippen molar-refractivity contribution in [1.29, 1.82) is 0 Å². The lowest BCUT2D eigenvalue weighted by molar-refractivity contribution is 1.13. The van der Waals surface area contributed by atoms with Gasteiger partial charge in [0.1, 0.15) is 0 Å². The first-order valence-corrected chi connectivity index (χ1v) is 4.83. The molecule has 3 heteroatoms. The van der Waals surface area contributed by atoms with Gasteiger partial charge < -0.3 is 11.1 Å². The standard InChI is InChI=1S/C12H13N3/c13-11-1-3-12(4-2-11)15-9-10-5-7-14-8-6-10/h1-8,15H,9,13H2. The molecule has 1 heterocycles. The molecule has 0 aliphatic carbocycles. The summed E-state index contributed by atoms with van der Waals surface area (Å²) >= 11 is 0. The molecule has 76 valence electrons. The van der Waals surface area contributed by atoms with E-state index >= 15 is 0 Å². The van der Waals surface area contributed by atoms with Crippen LogP contribution >= 0.6 is 0 Å². The van der Waals surface area contributed by atoms with Crippen LogP contribution < -0.4 is 11.1 Å². The van der Waals surface area contributed by atoms with Crippen LogP contribution in [0.1, 0.15) is 5.56 Å². The summed E-state index contributed by atoms with van der Waals surface area (Å²) in [5.41, 5.74) is 8.66. The van der Waals surface area contributed by atoms with E-state index in [1.54, 1.807) is 12.4 Å². The number of hydrogen-bond acceptors (Lipinski definition) is 3. The maximum absolute atomic E-state index is 5.60. The molecular formula is C12H13N3. The summed E-state index contributed by atoms with van der Waals surface area (Å²) in [4.78, 5) is 3.97. The lowest BCUT2D eigenvalue weighted by atomic mass is 10.2. The van der Waals surface area contributed by atoms with Crippen LogP contribution in [0.4, 0.5) is 11.4 Å². The molecule has 0 aliphatic heterocycles. The maximum Gasteiger partial charge on any atom is 0.0401 e. The summed E-state index contributed by atoms with van der Waals surface area (Å²) in [6.07, 6.45) is 3.58. The number of anilines is 2. The van der Waals surface area contributed by atoms with Gasteiger partial charge in [-0.25, -0.2) is 0 Å². The fourth-order valence-corrected chi connectivity index (χ4v) is 1.31. The van der Waals surface area contributed by atoms with Crippen molar-refractivity contribution >= 4 is 11.4 Å². The monoisotopic (exact) mass is 199 g/mol. The third-order valence-electron chi connectivity index (χ3n) is 2.16. The zero-order valence-corrected chi connectivity index (χ0v) is 8.35. The smallest absolute Gasteiger partial charge is 0.0401 e. The second kappa shape index (κ2) is 4.46. The molecule has 15 heavy (non-hydrogen) atoms. The van der Waals surface area contributed by atoms with Crippen LogP contribution in [0, 0.1) is 0 Å². The molecule has 0 amide bonds. The van der Waals surface area contributed by atoms with E-state index < -0.39 is 0 Å². The second-order valence-corrected chi connectivity index (χ2v) is 3.33. The van der Waals surface area contributed by atoms with E-state index in [1.165, 1.54) is 5.56 Å². The molecule has 0 aliphatic rings. The Hall–Kier alpha value is -2.03. The molecule has 3 N–H and O–H groups in total. The Morgan fingerprint density at radius 2 is 1.67 bits per heavy atom. The summed E-state index contributed by atoms with van der Waals surface area (Å²) in [7, 11) is 0. The number of nitrogen functional groups attached to an aromatic ring is 1. The molecule has 1 aromatic heterocycles. The van der Waals surface area contributed by atoms with Gasteiger partial charge in [0, 0.05) is 30.3 Å². The Kier molecular flexibility index (Phi) is 2.83. The van der Waals surface area contributed by atoms with E-state index in [9.17, 15) is 0 Å². The Morgan fingerprint density at radius 1 is 1.00 bits per heavy atom. The molecule has 2 rings (SSSR count). The fourth-order valence-electron chi connectivity index (χ4n) is 1.31. The fraction of sp³-hybridized carbons (Fsp3) is 0.0833. The summed E-state index contributed by atoms with van der Waals surface area (Å²) < 4.78 is 0. The number of rotatable bonds is 3. The third-order valence-corrected chi connectivity index (χ3v) is 2.16. The first-order valence-electron chi connectivity index (χ1n) is 4.83. The highest BCUT2D eigenvalue weighted by atomic mass is 14.9. The van der Waals surface area contributed by atoms with Gasteiger partial charge in [-0.15, -0.1) is 0 Å². The molecule has 0 spiro atoms. The Bertz CT molecular complexity index is 409. The summed E-state index contributed by atoms with van der Waals surface area (Å²) in [5.74, 6) is 0. The average molecular weight is 199 g/mol. The topological polar surface area (TPSA) is 50.9 Å². The minimum Gasteiger partial charge on any atom is -0.399 e. The highest BCUT2D eigenvalue weighted by Crippen LogP contribution is 2.11. The quantitative estimate of drug-likeness (QED) is 0.745. The second-order valence-electron chi connectivity index (χ2n) is 3.33. The van der Waals surface area contributed by atoms with Crippen molar-refractivity contribution in [3.63, 3.8) is 0 Å². The van der Waals surface area contributed by atoms with Crippen LogP contribution in [0.25, 0.3) is 0 Å². The van der Waals surface area contributed by atoms with E-state index in [4.69, 9.17) is 5.73 Å². The summed E-state index contributed by atoms with van der Waals surface area (Å²) in [5, 5.41) is 3.30. The zero-order chi connectivity index (χ0) is 10.5. The molecule has 0 unspecified atom stereocenters. The first-order chi connectivity index (χ1) is 7.34. The van der Waals surface area contributed by atoms with Crippen molar-refractivity contribution in [3.05, 3.63) is 54.4 Å². The molecule has 2 aromatic rings. The largest absolute Gasteiger partial charge is 0.399 e. The van der Waals surface area contributed by atoms with E-state index in [1.807, 2.05) is 36.4 Å². The number of nitrogens with two attached hydrogens (primary N) is 1. The lowest BCUT2D eigenvalue weighted by Gasteiger charge is -2.06. The lowest BCUT2D eigenvalue weighted by Crippen LogP contribution is -1.99. The Balaban J connectivity index is 1.96. The van der Waals surface area contributed by atoms with Gasteiger partial charge in [-0.3, -0.25) is 4.98 Å². The van der Waals surface area contributed by atoms with Gasteiger partial charge in [-0.05, 0) is 42.0 Å². The van der Waals surface area contributed by atoms with E-state index in [0.29, 0.717) is 0 Å². The van der Waals surface area contributed by atoms with Crippen molar-refractivity contribution in [2.75, 3.05) is 11.1 Å². The number of nitrogens with zero attached hydrogens (tertiary/aromatic N) is 1. The molecule has 0 atom stereocenters. The number of hydrogen-bond donors (Lipinski definition) is 2. The predicted octanol–water partition coefficient (Wildman–Crippen LogP) is 2.28. The van der Waals surface area contributed by atoms with Crippen LogP contribution in [-0.4, -0.2) is 4.98 Å². The van der Waals surface area contributed by atoms with Gasteiger partial charge in [0.2, 0.25) is 0 Å². The van der Waals surface area contributed by atoms with E-state index in [-0.39, 0.29) is 0 Å². The van der Waals surface area contributed by atoms with Gasteiger partial charge >= 0.3 is 0 Å². The van der Waals surface area contributed by atoms with Gasteiger partial charge in [0.25, 0.3) is 0 Å². The molecule has 0 radical (unpaired) electrons. The third kappa shape index (κ3) is 2.71. The van der Waals surface area contributed by atoms with Crippen LogP contribution in [0.3, 0.4) is 0 Å². The SMILES string of the molecule is Nc1ccc(NCc2ccncc2)cc1.